The standard InChI is InChI=1S/C17H30N4O4S/c1-12-15(13(2)20(6)19-12)26(23,24)21-10-8-7-9-14(21)11-18-16(22)25-17(3,4)5/h14H,7-11H2,1-6H3,(H,18,22). The van der Waals surface area contributed by atoms with Gasteiger partial charge in [-0.15, -0.1) is 0 Å². The van der Waals surface area contributed by atoms with Crippen molar-refractivity contribution in [1.82, 2.24) is 19.4 Å². The number of carbonyl (C=O) groups excluding carboxylic acids is 1. The van der Waals surface area contributed by atoms with E-state index in [9.17, 15) is 13.2 Å². The van der Waals surface area contributed by atoms with Crippen LogP contribution in [0, 0.1) is 13.8 Å². The lowest BCUT2D eigenvalue weighted by molar-refractivity contribution is 0.0512. The van der Waals surface area contributed by atoms with Crippen molar-refractivity contribution in [2.45, 2.75) is 70.4 Å². The summed E-state index contributed by atoms with van der Waals surface area (Å²) >= 11 is 0. The Balaban J connectivity index is 2.19. The van der Waals surface area contributed by atoms with Gasteiger partial charge in [-0.25, -0.2) is 13.2 Å². The van der Waals surface area contributed by atoms with E-state index < -0.39 is 21.7 Å². The SMILES string of the molecule is Cc1nn(C)c(C)c1S(=O)(=O)N1CCCCC1CNC(=O)OC(C)(C)C. The first kappa shape index (κ1) is 20.7. The molecule has 2 heterocycles. The molecule has 0 aliphatic carbocycles. The third-order valence-corrected chi connectivity index (χ3v) is 6.67. The van der Waals surface area contributed by atoms with Gasteiger partial charge in [0.05, 0.1) is 11.4 Å². The molecule has 0 bridgehead atoms. The second kappa shape index (κ2) is 7.56. The van der Waals surface area contributed by atoms with Crippen LogP contribution in [0.3, 0.4) is 0 Å². The van der Waals surface area contributed by atoms with Gasteiger partial charge in [-0.3, -0.25) is 4.68 Å². The second-order valence-electron chi connectivity index (χ2n) is 7.77. The molecule has 0 radical (unpaired) electrons. The maximum absolute atomic E-state index is 13.3. The van der Waals surface area contributed by atoms with Crippen LogP contribution in [-0.4, -0.2) is 53.3 Å². The largest absolute Gasteiger partial charge is 0.444 e. The highest BCUT2D eigenvalue weighted by atomic mass is 32.2. The monoisotopic (exact) mass is 386 g/mol. The van der Waals surface area contributed by atoms with Crippen LogP contribution in [0.15, 0.2) is 4.90 Å². The summed E-state index contributed by atoms with van der Waals surface area (Å²) in [5.74, 6) is 0. The number of amides is 1. The maximum atomic E-state index is 13.3. The summed E-state index contributed by atoms with van der Waals surface area (Å²) < 4.78 is 34.8. The highest BCUT2D eigenvalue weighted by Gasteiger charge is 2.37. The molecule has 148 valence electrons. The topological polar surface area (TPSA) is 93.5 Å². The summed E-state index contributed by atoms with van der Waals surface area (Å²) in [6.45, 7) is 9.50. The molecule has 0 saturated carbocycles. The van der Waals surface area contributed by atoms with Gasteiger partial charge in [-0.2, -0.15) is 9.40 Å². The Labute approximate surface area is 155 Å². The Morgan fingerprint density at radius 1 is 1.31 bits per heavy atom. The number of alkyl carbamates (subject to hydrolysis) is 1. The molecule has 1 saturated heterocycles. The van der Waals surface area contributed by atoms with E-state index in [2.05, 4.69) is 10.4 Å². The fourth-order valence-corrected chi connectivity index (χ4v) is 5.35. The van der Waals surface area contributed by atoms with E-state index in [0.29, 0.717) is 24.4 Å². The van der Waals surface area contributed by atoms with E-state index >= 15 is 0 Å². The molecular formula is C17H30N4O4S. The molecular weight excluding hydrogens is 356 g/mol. The Morgan fingerprint density at radius 2 is 1.96 bits per heavy atom. The molecule has 1 unspecified atom stereocenters. The van der Waals surface area contributed by atoms with Gasteiger partial charge in [0.2, 0.25) is 10.0 Å². The molecule has 1 fully saturated rings. The van der Waals surface area contributed by atoms with E-state index in [1.807, 2.05) is 0 Å². The third-order valence-electron chi connectivity index (χ3n) is 4.46. The van der Waals surface area contributed by atoms with Crippen molar-refractivity contribution in [2.24, 2.45) is 7.05 Å². The van der Waals surface area contributed by atoms with Crippen LogP contribution in [0.2, 0.25) is 0 Å². The van der Waals surface area contributed by atoms with Crippen LogP contribution < -0.4 is 5.32 Å². The first-order valence-electron chi connectivity index (χ1n) is 8.92. The molecule has 9 heteroatoms. The Kier molecular flexibility index (Phi) is 6.02. The number of sulfonamides is 1. The van der Waals surface area contributed by atoms with Crippen molar-refractivity contribution >= 4 is 16.1 Å². The minimum Gasteiger partial charge on any atom is -0.444 e. The number of carbonyl (C=O) groups is 1. The van der Waals surface area contributed by atoms with Gasteiger partial charge in [0.25, 0.3) is 0 Å². The van der Waals surface area contributed by atoms with Crippen molar-refractivity contribution in [3.8, 4) is 0 Å². The van der Waals surface area contributed by atoms with E-state index in [4.69, 9.17) is 4.74 Å². The fourth-order valence-electron chi connectivity index (χ4n) is 3.25. The number of nitrogens with one attached hydrogen (secondary N) is 1. The summed E-state index contributed by atoms with van der Waals surface area (Å²) in [6, 6.07) is -0.291. The summed E-state index contributed by atoms with van der Waals surface area (Å²) in [6.07, 6.45) is 1.90. The maximum Gasteiger partial charge on any atom is 0.407 e. The summed E-state index contributed by atoms with van der Waals surface area (Å²) in [5.41, 5.74) is 0.521. The summed E-state index contributed by atoms with van der Waals surface area (Å²) in [7, 11) is -1.94. The van der Waals surface area contributed by atoms with Gasteiger partial charge in [-0.05, 0) is 47.5 Å². The van der Waals surface area contributed by atoms with Gasteiger partial charge in [-0.1, -0.05) is 6.42 Å². The lowest BCUT2D eigenvalue weighted by atomic mass is 10.1. The zero-order valence-corrected chi connectivity index (χ0v) is 17.3. The minimum atomic E-state index is -3.68. The molecule has 26 heavy (non-hydrogen) atoms. The van der Waals surface area contributed by atoms with Crippen molar-refractivity contribution in [3.05, 3.63) is 11.4 Å². The van der Waals surface area contributed by atoms with Gasteiger partial charge in [0.15, 0.2) is 0 Å². The van der Waals surface area contributed by atoms with Crippen LogP contribution in [-0.2, 0) is 21.8 Å². The first-order valence-corrected chi connectivity index (χ1v) is 10.4. The number of ether oxygens (including phenoxy) is 1. The van der Waals surface area contributed by atoms with Crippen LogP contribution in [0.1, 0.15) is 51.4 Å². The van der Waals surface area contributed by atoms with Crippen LogP contribution >= 0.6 is 0 Å². The number of hydrogen-bond acceptors (Lipinski definition) is 5. The molecule has 1 amide bonds. The molecule has 2 rings (SSSR count). The summed E-state index contributed by atoms with van der Waals surface area (Å²) in [5, 5.41) is 6.94. The van der Waals surface area contributed by atoms with Crippen molar-refractivity contribution in [1.29, 1.82) is 0 Å². The lowest BCUT2D eigenvalue weighted by Crippen LogP contribution is -2.50. The van der Waals surface area contributed by atoms with E-state index in [-0.39, 0.29) is 17.5 Å². The molecule has 8 nitrogen and oxygen atoms in total. The highest BCUT2D eigenvalue weighted by molar-refractivity contribution is 7.89. The van der Waals surface area contributed by atoms with Crippen LogP contribution in [0.25, 0.3) is 0 Å². The zero-order valence-electron chi connectivity index (χ0n) is 16.5. The fraction of sp³-hybridized carbons (Fsp3) is 0.765. The van der Waals surface area contributed by atoms with Crippen molar-refractivity contribution in [2.75, 3.05) is 13.1 Å². The summed E-state index contributed by atoms with van der Waals surface area (Å²) in [4.78, 5) is 12.2. The number of piperidine rings is 1. The Hall–Kier alpha value is -1.61. The molecule has 1 aliphatic heterocycles. The van der Waals surface area contributed by atoms with Gasteiger partial charge in [0, 0.05) is 26.2 Å². The minimum absolute atomic E-state index is 0.229. The molecule has 1 atom stereocenters. The molecule has 1 aromatic heterocycles. The molecule has 1 N–H and O–H groups in total. The molecule has 1 aliphatic rings. The highest BCUT2D eigenvalue weighted by Crippen LogP contribution is 2.28. The number of nitrogens with zero attached hydrogens (tertiary/aromatic N) is 3. The normalized spacial score (nSPS) is 19.4. The van der Waals surface area contributed by atoms with Crippen molar-refractivity contribution in [3.63, 3.8) is 0 Å². The third kappa shape index (κ3) is 4.56. The van der Waals surface area contributed by atoms with Gasteiger partial charge in [0.1, 0.15) is 10.5 Å². The van der Waals surface area contributed by atoms with Crippen LogP contribution in [0.5, 0.6) is 0 Å². The number of aryl methyl sites for hydroxylation is 2. The van der Waals surface area contributed by atoms with Crippen LogP contribution in [0.4, 0.5) is 4.79 Å². The lowest BCUT2D eigenvalue weighted by Gasteiger charge is -2.35. The zero-order chi connectivity index (χ0) is 19.7. The Bertz CT molecular complexity index is 764. The molecule has 0 spiro atoms. The number of aromatic nitrogens is 2. The average Bonchev–Trinajstić information content (AvgIpc) is 2.77. The van der Waals surface area contributed by atoms with Gasteiger partial charge < -0.3 is 10.1 Å². The quantitative estimate of drug-likeness (QED) is 0.855. The van der Waals surface area contributed by atoms with E-state index in [1.165, 1.54) is 4.31 Å². The molecule has 0 aromatic carbocycles. The number of rotatable bonds is 4. The predicted octanol–water partition coefficient (Wildman–Crippen LogP) is 2.10. The predicted molar refractivity (Wildman–Crippen MR) is 98.4 cm³/mol. The second-order valence-corrected chi connectivity index (χ2v) is 9.60. The van der Waals surface area contributed by atoms with Crippen molar-refractivity contribution < 1.29 is 17.9 Å². The number of hydrogen-bond donors (Lipinski definition) is 1. The molecule has 1 aromatic rings. The Morgan fingerprint density at radius 3 is 2.50 bits per heavy atom. The smallest absolute Gasteiger partial charge is 0.407 e. The van der Waals surface area contributed by atoms with E-state index in [1.54, 1.807) is 46.3 Å². The first-order chi connectivity index (χ1) is 11.9. The average molecular weight is 387 g/mol. The van der Waals surface area contributed by atoms with Gasteiger partial charge >= 0.3 is 6.09 Å². The van der Waals surface area contributed by atoms with E-state index in [0.717, 1.165) is 12.8 Å².